The number of benzene rings is 1. The lowest BCUT2D eigenvalue weighted by Crippen LogP contribution is -2.40. The monoisotopic (exact) mass is 341 g/mol. The third-order valence-electron chi connectivity index (χ3n) is 4.91. The predicted molar refractivity (Wildman–Crippen MR) is 93.9 cm³/mol. The van der Waals surface area contributed by atoms with Gasteiger partial charge in [0.1, 0.15) is 0 Å². The van der Waals surface area contributed by atoms with Crippen molar-refractivity contribution in [2.24, 2.45) is 5.92 Å². The number of piperidine rings is 1. The molecule has 6 heteroatoms. The molecule has 0 unspecified atom stereocenters. The number of aromatic nitrogens is 2. The highest BCUT2D eigenvalue weighted by Crippen LogP contribution is 2.23. The third kappa shape index (κ3) is 3.29. The Morgan fingerprint density at radius 1 is 1.24 bits per heavy atom. The van der Waals surface area contributed by atoms with Gasteiger partial charge < -0.3 is 10.0 Å². The molecule has 0 atom stereocenters. The molecular formula is C19H23N3O3. The molecule has 3 rings (SSSR count). The second kappa shape index (κ2) is 7.09. The summed E-state index contributed by atoms with van der Waals surface area (Å²) in [7, 11) is 0. The first-order valence-electron chi connectivity index (χ1n) is 8.68. The highest BCUT2D eigenvalue weighted by atomic mass is 16.4. The zero-order valence-electron chi connectivity index (χ0n) is 14.6. The highest BCUT2D eigenvalue weighted by Gasteiger charge is 2.29. The predicted octanol–water partition coefficient (Wildman–Crippen LogP) is 2.68. The van der Waals surface area contributed by atoms with Crippen molar-refractivity contribution in [2.45, 2.75) is 33.1 Å². The molecular weight excluding hydrogens is 318 g/mol. The maximum Gasteiger partial charge on any atom is 0.306 e. The quantitative estimate of drug-likeness (QED) is 0.928. The average molecular weight is 341 g/mol. The fourth-order valence-corrected chi connectivity index (χ4v) is 3.40. The minimum absolute atomic E-state index is 0.0551. The van der Waals surface area contributed by atoms with Crippen LogP contribution in [0.5, 0.6) is 0 Å². The van der Waals surface area contributed by atoms with E-state index in [1.54, 1.807) is 11.1 Å². The zero-order chi connectivity index (χ0) is 18.0. The number of aliphatic carboxylic acids is 1. The van der Waals surface area contributed by atoms with E-state index in [1.807, 2.05) is 42.8 Å². The summed E-state index contributed by atoms with van der Waals surface area (Å²) in [4.78, 5) is 25.7. The number of likely N-dealkylation sites (tertiary alicyclic amines) is 1. The second-order valence-electron chi connectivity index (χ2n) is 6.46. The number of hydrogen-bond donors (Lipinski definition) is 1. The number of para-hydroxylation sites is 1. The summed E-state index contributed by atoms with van der Waals surface area (Å²) in [6.45, 7) is 5.00. The van der Waals surface area contributed by atoms with Crippen LogP contribution in [0.15, 0.2) is 30.5 Å². The van der Waals surface area contributed by atoms with E-state index < -0.39 is 5.97 Å². The molecule has 0 bridgehead atoms. The molecule has 6 nitrogen and oxygen atoms in total. The van der Waals surface area contributed by atoms with Gasteiger partial charge in [-0.2, -0.15) is 5.10 Å². The molecule has 2 heterocycles. The van der Waals surface area contributed by atoms with Gasteiger partial charge in [0.25, 0.3) is 5.91 Å². The van der Waals surface area contributed by atoms with Crippen LogP contribution in [-0.2, 0) is 11.2 Å². The summed E-state index contributed by atoms with van der Waals surface area (Å²) in [6, 6.07) is 7.96. The molecule has 0 aliphatic carbocycles. The maximum absolute atomic E-state index is 12.9. The molecule has 1 aromatic heterocycles. The number of carboxylic acid groups (broad SMARTS) is 1. The first-order chi connectivity index (χ1) is 12.0. The summed E-state index contributed by atoms with van der Waals surface area (Å²) in [5.74, 6) is -1.17. The van der Waals surface area contributed by atoms with Gasteiger partial charge in [-0.1, -0.05) is 25.1 Å². The van der Waals surface area contributed by atoms with Crippen molar-refractivity contribution in [2.75, 3.05) is 13.1 Å². The summed E-state index contributed by atoms with van der Waals surface area (Å²) >= 11 is 0. The smallest absolute Gasteiger partial charge is 0.306 e. The molecule has 1 N–H and O–H groups in total. The van der Waals surface area contributed by atoms with E-state index in [-0.39, 0.29) is 11.8 Å². The number of carboxylic acids is 1. The van der Waals surface area contributed by atoms with Crippen LogP contribution in [0.25, 0.3) is 5.69 Å². The molecule has 0 radical (unpaired) electrons. The number of amides is 1. The second-order valence-corrected chi connectivity index (χ2v) is 6.46. The Morgan fingerprint density at radius 2 is 1.92 bits per heavy atom. The van der Waals surface area contributed by atoms with Crippen molar-refractivity contribution in [1.82, 2.24) is 14.7 Å². The Balaban J connectivity index is 1.85. The summed E-state index contributed by atoms with van der Waals surface area (Å²) in [6.07, 6.45) is 3.35. The molecule has 1 saturated heterocycles. The van der Waals surface area contributed by atoms with E-state index in [1.165, 1.54) is 0 Å². The van der Waals surface area contributed by atoms with Crippen LogP contribution in [0, 0.1) is 12.8 Å². The van der Waals surface area contributed by atoms with Crippen molar-refractivity contribution in [3.05, 3.63) is 47.3 Å². The van der Waals surface area contributed by atoms with Crippen LogP contribution in [0.1, 0.15) is 41.4 Å². The van der Waals surface area contributed by atoms with E-state index in [0.717, 1.165) is 16.9 Å². The number of rotatable bonds is 4. The van der Waals surface area contributed by atoms with Crippen LogP contribution >= 0.6 is 0 Å². The number of aryl methyl sites for hydroxylation is 1. The van der Waals surface area contributed by atoms with E-state index in [0.29, 0.717) is 37.9 Å². The summed E-state index contributed by atoms with van der Waals surface area (Å²) < 4.78 is 1.84. The van der Waals surface area contributed by atoms with Gasteiger partial charge in [0, 0.05) is 13.1 Å². The normalized spacial score (nSPS) is 15.4. The molecule has 0 spiro atoms. The standard InChI is InChI=1S/C19H23N3O3/c1-3-16-15(12-20-22(16)17-7-5-4-6-13(17)2)18(23)21-10-8-14(9-11-21)19(24)25/h4-7,12,14H,3,8-11H2,1-2H3,(H,24,25). The average Bonchev–Trinajstić information content (AvgIpc) is 3.05. The van der Waals surface area contributed by atoms with Gasteiger partial charge in [0.05, 0.1) is 29.1 Å². The largest absolute Gasteiger partial charge is 0.481 e. The van der Waals surface area contributed by atoms with E-state index >= 15 is 0 Å². The molecule has 1 aliphatic rings. The third-order valence-corrected chi connectivity index (χ3v) is 4.91. The van der Waals surface area contributed by atoms with Gasteiger partial charge in [-0.05, 0) is 37.8 Å². The molecule has 0 saturated carbocycles. The van der Waals surface area contributed by atoms with E-state index in [4.69, 9.17) is 5.11 Å². The molecule has 1 aromatic carbocycles. The SMILES string of the molecule is CCc1c(C(=O)N2CCC(C(=O)O)CC2)cnn1-c1ccccc1C. The fraction of sp³-hybridized carbons (Fsp3) is 0.421. The Hall–Kier alpha value is -2.63. The Morgan fingerprint density at radius 3 is 2.52 bits per heavy atom. The minimum Gasteiger partial charge on any atom is -0.481 e. The van der Waals surface area contributed by atoms with Crippen molar-refractivity contribution < 1.29 is 14.7 Å². The van der Waals surface area contributed by atoms with E-state index in [2.05, 4.69) is 5.10 Å². The van der Waals surface area contributed by atoms with Gasteiger partial charge in [0.2, 0.25) is 0 Å². The lowest BCUT2D eigenvalue weighted by molar-refractivity contribution is -0.143. The van der Waals surface area contributed by atoms with Crippen molar-refractivity contribution in [3.8, 4) is 5.69 Å². The lowest BCUT2D eigenvalue weighted by Gasteiger charge is -2.30. The summed E-state index contributed by atoms with van der Waals surface area (Å²) in [5.41, 5.74) is 3.57. The topological polar surface area (TPSA) is 75.4 Å². The Labute approximate surface area is 147 Å². The fourth-order valence-electron chi connectivity index (χ4n) is 3.40. The molecule has 1 amide bonds. The van der Waals surface area contributed by atoms with Crippen LogP contribution in [0.3, 0.4) is 0 Å². The van der Waals surface area contributed by atoms with Crippen LogP contribution in [-0.4, -0.2) is 44.8 Å². The van der Waals surface area contributed by atoms with E-state index in [9.17, 15) is 9.59 Å². The van der Waals surface area contributed by atoms with Gasteiger partial charge in [-0.3, -0.25) is 9.59 Å². The molecule has 1 fully saturated rings. The molecule has 2 aromatic rings. The number of carbonyl (C=O) groups is 2. The summed E-state index contributed by atoms with van der Waals surface area (Å²) in [5, 5.41) is 13.6. The van der Waals surface area contributed by atoms with Gasteiger partial charge >= 0.3 is 5.97 Å². The van der Waals surface area contributed by atoms with Gasteiger partial charge in [-0.25, -0.2) is 4.68 Å². The van der Waals surface area contributed by atoms with Gasteiger partial charge in [0.15, 0.2) is 0 Å². The maximum atomic E-state index is 12.9. The minimum atomic E-state index is -0.770. The molecule has 132 valence electrons. The number of nitrogens with zero attached hydrogens (tertiary/aromatic N) is 3. The number of carbonyl (C=O) groups excluding carboxylic acids is 1. The lowest BCUT2D eigenvalue weighted by atomic mass is 9.96. The molecule has 25 heavy (non-hydrogen) atoms. The molecule has 1 aliphatic heterocycles. The van der Waals surface area contributed by atoms with Crippen LogP contribution in [0.2, 0.25) is 0 Å². The first-order valence-corrected chi connectivity index (χ1v) is 8.68. The zero-order valence-corrected chi connectivity index (χ0v) is 14.6. The van der Waals surface area contributed by atoms with Crippen molar-refractivity contribution in [1.29, 1.82) is 0 Å². The van der Waals surface area contributed by atoms with Gasteiger partial charge in [-0.15, -0.1) is 0 Å². The Bertz CT molecular complexity index is 789. The van der Waals surface area contributed by atoms with Crippen molar-refractivity contribution in [3.63, 3.8) is 0 Å². The highest BCUT2D eigenvalue weighted by molar-refractivity contribution is 5.95. The first kappa shape index (κ1) is 17.2. The van der Waals surface area contributed by atoms with Crippen LogP contribution in [0.4, 0.5) is 0 Å². The number of hydrogen-bond acceptors (Lipinski definition) is 3. The Kier molecular flexibility index (Phi) is 4.88. The van der Waals surface area contributed by atoms with Crippen LogP contribution < -0.4 is 0 Å². The van der Waals surface area contributed by atoms with Crippen molar-refractivity contribution >= 4 is 11.9 Å².